The summed E-state index contributed by atoms with van der Waals surface area (Å²) in [5, 5.41) is 20.7. The van der Waals surface area contributed by atoms with Gasteiger partial charge in [0.1, 0.15) is 19.0 Å². The normalized spacial score (nSPS) is 9.90. The number of nitro groups is 1. The van der Waals surface area contributed by atoms with Gasteiger partial charge in [-0.15, -0.1) is 0 Å². The van der Waals surface area contributed by atoms with Gasteiger partial charge in [0, 0.05) is 37.1 Å². The van der Waals surface area contributed by atoms with Crippen molar-refractivity contribution in [1.82, 2.24) is 0 Å². The second-order valence-electron chi connectivity index (χ2n) is 3.93. The van der Waals surface area contributed by atoms with Crippen LogP contribution in [0.1, 0.15) is 25.0 Å². The molecule has 0 unspecified atom stereocenters. The molecule has 0 aliphatic rings. The molecule has 0 bridgehead atoms. The van der Waals surface area contributed by atoms with E-state index in [-0.39, 0.29) is 35.8 Å². The second kappa shape index (κ2) is 6.50. The molecule has 0 aromatic heterocycles. The highest BCUT2D eigenvalue weighted by Crippen LogP contribution is 2.29. The number of nitro benzene ring substituents is 1. The van der Waals surface area contributed by atoms with Gasteiger partial charge in [-0.25, -0.2) is 0 Å². The molecule has 0 atom stereocenters. The van der Waals surface area contributed by atoms with E-state index < -0.39 is 16.9 Å². The summed E-state index contributed by atoms with van der Waals surface area (Å²) in [5.41, 5.74) is -0.166. The quantitative estimate of drug-likeness (QED) is 0.493. The van der Waals surface area contributed by atoms with Crippen molar-refractivity contribution in [3.8, 4) is 5.75 Å². The Morgan fingerprint density at radius 1 is 1.15 bits per heavy atom. The van der Waals surface area contributed by atoms with E-state index in [0.717, 1.165) is 12.1 Å². The number of carbonyl (C=O) groups is 2. The van der Waals surface area contributed by atoms with E-state index in [1.807, 2.05) is 0 Å². The molecule has 0 saturated carbocycles. The molecule has 0 saturated heterocycles. The average Bonchev–Trinajstić information content (AvgIpc) is 2.35. The number of benzene rings is 1. The van der Waals surface area contributed by atoms with E-state index >= 15 is 0 Å². The highest BCUT2D eigenvalue weighted by Gasteiger charge is 2.17. The van der Waals surface area contributed by atoms with Gasteiger partial charge in [0.25, 0.3) is 5.69 Å². The summed E-state index contributed by atoms with van der Waals surface area (Å²) in [7, 11) is 0. The first kappa shape index (κ1) is 15.4. The predicted octanol–water partition coefficient (Wildman–Crippen LogP) is 1.43. The zero-order valence-corrected chi connectivity index (χ0v) is 10.9. The molecular weight excluding hydrogens is 270 g/mol. The number of hydrogen-bond acceptors (Lipinski definition) is 7. The number of ether oxygens (including phenoxy) is 2. The summed E-state index contributed by atoms with van der Waals surface area (Å²) < 4.78 is 9.39. The second-order valence-corrected chi connectivity index (χ2v) is 3.93. The molecule has 1 rings (SSSR count). The molecule has 108 valence electrons. The standard InChI is InChI=1S/C12H13NO7/c1-7(14)19-5-9-3-11(13(17)18)4-10(12(9)16)6-20-8(2)15/h3-4,16H,5-6H2,1-2H3. The Morgan fingerprint density at radius 2 is 1.55 bits per heavy atom. The maximum Gasteiger partial charge on any atom is 0.302 e. The van der Waals surface area contributed by atoms with Crippen molar-refractivity contribution in [1.29, 1.82) is 0 Å². The van der Waals surface area contributed by atoms with Crippen LogP contribution >= 0.6 is 0 Å². The zero-order chi connectivity index (χ0) is 15.3. The van der Waals surface area contributed by atoms with Crippen molar-refractivity contribution in [3.63, 3.8) is 0 Å². The van der Waals surface area contributed by atoms with Gasteiger partial charge in [0.2, 0.25) is 0 Å². The van der Waals surface area contributed by atoms with E-state index in [4.69, 9.17) is 9.47 Å². The third kappa shape index (κ3) is 4.23. The van der Waals surface area contributed by atoms with Gasteiger partial charge in [0.15, 0.2) is 0 Å². The first-order valence-corrected chi connectivity index (χ1v) is 5.57. The van der Waals surface area contributed by atoms with Gasteiger partial charge >= 0.3 is 11.9 Å². The van der Waals surface area contributed by atoms with Crippen molar-refractivity contribution in [2.75, 3.05) is 0 Å². The summed E-state index contributed by atoms with van der Waals surface area (Å²) in [5.74, 6) is -1.48. The molecule has 0 radical (unpaired) electrons. The highest BCUT2D eigenvalue weighted by atomic mass is 16.6. The average molecular weight is 283 g/mol. The Balaban J connectivity index is 3.11. The molecule has 0 heterocycles. The largest absolute Gasteiger partial charge is 0.507 e. The molecule has 0 amide bonds. The number of carbonyl (C=O) groups excluding carboxylic acids is 2. The van der Waals surface area contributed by atoms with Gasteiger partial charge < -0.3 is 14.6 Å². The molecule has 0 aliphatic carbocycles. The van der Waals surface area contributed by atoms with Crippen molar-refractivity contribution in [3.05, 3.63) is 33.4 Å². The van der Waals surface area contributed by atoms with Crippen LogP contribution in [-0.2, 0) is 32.3 Å². The summed E-state index contributed by atoms with van der Waals surface area (Å²) in [6, 6.07) is 2.19. The topological polar surface area (TPSA) is 116 Å². The number of aromatic hydroxyl groups is 1. The molecule has 0 spiro atoms. The fourth-order valence-electron chi connectivity index (χ4n) is 1.43. The van der Waals surface area contributed by atoms with Crippen LogP contribution in [0.5, 0.6) is 5.75 Å². The molecule has 20 heavy (non-hydrogen) atoms. The van der Waals surface area contributed by atoms with E-state index in [2.05, 4.69) is 0 Å². The Kier molecular flexibility index (Phi) is 5.01. The molecule has 0 aliphatic heterocycles. The van der Waals surface area contributed by atoms with Crippen LogP contribution in [0.25, 0.3) is 0 Å². The lowest BCUT2D eigenvalue weighted by atomic mass is 10.1. The minimum Gasteiger partial charge on any atom is -0.507 e. The number of non-ortho nitro benzene ring substituents is 1. The maximum absolute atomic E-state index is 10.8. The van der Waals surface area contributed by atoms with E-state index in [1.165, 1.54) is 13.8 Å². The van der Waals surface area contributed by atoms with Gasteiger partial charge in [-0.3, -0.25) is 19.7 Å². The minimum atomic E-state index is -0.659. The third-order valence-corrected chi connectivity index (χ3v) is 2.33. The van der Waals surface area contributed by atoms with Crippen molar-refractivity contribution in [2.24, 2.45) is 0 Å². The van der Waals surface area contributed by atoms with E-state index in [1.54, 1.807) is 0 Å². The molecule has 1 N–H and O–H groups in total. The first-order chi connectivity index (χ1) is 9.31. The van der Waals surface area contributed by atoms with Crippen molar-refractivity contribution < 1.29 is 29.1 Å². The fourth-order valence-corrected chi connectivity index (χ4v) is 1.43. The Bertz CT molecular complexity index is 514. The molecule has 8 heteroatoms. The molecule has 1 aromatic carbocycles. The highest BCUT2D eigenvalue weighted by molar-refractivity contribution is 5.66. The maximum atomic E-state index is 10.8. The number of nitrogens with zero attached hydrogens (tertiary/aromatic N) is 1. The van der Waals surface area contributed by atoms with Gasteiger partial charge in [-0.2, -0.15) is 0 Å². The number of phenols is 1. The monoisotopic (exact) mass is 283 g/mol. The number of hydrogen-bond donors (Lipinski definition) is 1. The fraction of sp³-hybridized carbons (Fsp3) is 0.333. The number of esters is 2. The van der Waals surface area contributed by atoms with E-state index in [9.17, 15) is 24.8 Å². The lowest BCUT2D eigenvalue weighted by molar-refractivity contribution is -0.385. The predicted molar refractivity (Wildman–Crippen MR) is 65.7 cm³/mol. The number of phenolic OH excluding ortho intramolecular Hbond substituents is 1. The molecule has 1 aromatic rings. The van der Waals surface area contributed by atoms with Crippen LogP contribution < -0.4 is 0 Å². The minimum absolute atomic E-state index is 0.0663. The zero-order valence-electron chi connectivity index (χ0n) is 10.9. The van der Waals surface area contributed by atoms with Crippen LogP contribution in [0.2, 0.25) is 0 Å². The van der Waals surface area contributed by atoms with Crippen LogP contribution in [0, 0.1) is 10.1 Å². The number of rotatable bonds is 5. The van der Waals surface area contributed by atoms with Gasteiger partial charge in [0.05, 0.1) is 4.92 Å². The van der Waals surface area contributed by atoms with Crippen LogP contribution in [0.3, 0.4) is 0 Å². The molecule has 8 nitrogen and oxygen atoms in total. The Hall–Kier alpha value is -2.64. The Morgan fingerprint density at radius 3 is 1.85 bits per heavy atom. The van der Waals surface area contributed by atoms with Crippen molar-refractivity contribution >= 4 is 17.6 Å². The lowest BCUT2D eigenvalue weighted by Crippen LogP contribution is -2.04. The van der Waals surface area contributed by atoms with Gasteiger partial charge in [-0.05, 0) is 0 Å². The molecular formula is C12H13NO7. The van der Waals surface area contributed by atoms with Crippen LogP contribution in [0.4, 0.5) is 5.69 Å². The van der Waals surface area contributed by atoms with Crippen LogP contribution in [-0.4, -0.2) is 22.0 Å². The smallest absolute Gasteiger partial charge is 0.302 e. The van der Waals surface area contributed by atoms with Crippen LogP contribution in [0.15, 0.2) is 12.1 Å². The third-order valence-electron chi connectivity index (χ3n) is 2.33. The lowest BCUT2D eigenvalue weighted by Gasteiger charge is -2.10. The summed E-state index contributed by atoms with van der Waals surface area (Å²) >= 11 is 0. The summed E-state index contributed by atoms with van der Waals surface area (Å²) in [6.45, 7) is 1.73. The summed E-state index contributed by atoms with van der Waals surface area (Å²) in [6.07, 6.45) is 0. The first-order valence-electron chi connectivity index (χ1n) is 5.57. The molecule has 0 fully saturated rings. The van der Waals surface area contributed by atoms with Gasteiger partial charge in [-0.1, -0.05) is 0 Å². The SMILES string of the molecule is CC(=O)OCc1cc([N+](=O)[O-])cc(COC(C)=O)c1O. The Labute approximate surface area is 114 Å². The summed E-state index contributed by atoms with van der Waals surface area (Å²) in [4.78, 5) is 31.6. The van der Waals surface area contributed by atoms with E-state index in [0.29, 0.717) is 0 Å². The van der Waals surface area contributed by atoms with Crippen molar-refractivity contribution in [2.45, 2.75) is 27.1 Å².